The van der Waals surface area contributed by atoms with E-state index in [-0.39, 0.29) is 18.1 Å². The molecule has 1 aromatic heterocycles. The summed E-state index contributed by atoms with van der Waals surface area (Å²) in [5.74, 6) is 0.161. The van der Waals surface area contributed by atoms with Crippen LogP contribution in [0.4, 0.5) is 5.69 Å². The molecule has 20 heavy (non-hydrogen) atoms. The zero-order valence-corrected chi connectivity index (χ0v) is 11.3. The lowest BCUT2D eigenvalue weighted by atomic mass is 10.2. The molecule has 0 aliphatic heterocycles. The van der Waals surface area contributed by atoms with E-state index in [0.29, 0.717) is 17.9 Å². The van der Waals surface area contributed by atoms with Gasteiger partial charge in [-0.15, -0.1) is 0 Å². The molecular formula is C15H17N3O2. The number of hydrogen-bond donors (Lipinski definition) is 2. The van der Waals surface area contributed by atoms with Crippen molar-refractivity contribution in [1.29, 1.82) is 0 Å². The lowest BCUT2D eigenvalue weighted by Gasteiger charge is -2.17. The number of anilines is 1. The van der Waals surface area contributed by atoms with Crippen molar-refractivity contribution in [3.63, 3.8) is 0 Å². The summed E-state index contributed by atoms with van der Waals surface area (Å²) >= 11 is 0. The zero-order valence-electron chi connectivity index (χ0n) is 11.3. The van der Waals surface area contributed by atoms with Gasteiger partial charge in [-0.05, 0) is 29.8 Å². The van der Waals surface area contributed by atoms with E-state index in [1.807, 2.05) is 6.07 Å². The summed E-state index contributed by atoms with van der Waals surface area (Å²) < 4.78 is 0. The van der Waals surface area contributed by atoms with Gasteiger partial charge >= 0.3 is 0 Å². The number of aromatic hydroxyl groups is 1. The first-order chi connectivity index (χ1) is 9.54. The van der Waals surface area contributed by atoms with Crippen molar-refractivity contribution in [3.05, 3.63) is 53.9 Å². The van der Waals surface area contributed by atoms with Gasteiger partial charge in [-0.2, -0.15) is 0 Å². The Hall–Kier alpha value is -2.56. The van der Waals surface area contributed by atoms with Gasteiger partial charge in [0.05, 0.1) is 18.3 Å². The smallest absolute Gasteiger partial charge is 0.228 e. The molecule has 1 heterocycles. The van der Waals surface area contributed by atoms with Crippen molar-refractivity contribution in [1.82, 2.24) is 9.88 Å². The van der Waals surface area contributed by atoms with Crippen LogP contribution in [0, 0.1) is 0 Å². The number of rotatable bonds is 4. The Balaban J connectivity index is 1.96. The molecule has 0 spiro atoms. The second-order valence-corrected chi connectivity index (χ2v) is 4.68. The Bertz CT molecular complexity index is 596. The molecule has 3 N–H and O–H groups in total. The maximum absolute atomic E-state index is 12.1. The number of likely N-dealkylation sites (N-methyl/N-ethyl adjacent to an activating group) is 1. The third kappa shape index (κ3) is 3.71. The quantitative estimate of drug-likeness (QED) is 0.884. The highest BCUT2D eigenvalue weighted by molar-refractivity contribution is 5.78. The fourth-order valence-electron chi connectivity index (χ4n) is 1.85. The normalized spacial score (nSPS) is 10.2. The number of amides is 1. The number of pyridine rings is 1. The van der Waals surface area contributed by atoms with Gasteiger partial charge in [0.1, 0.15) is 5.75 Å². The minimum absolute atomic E-state index is 0.0365. The number of nitrogens with two attached hydrogens (primary N) is 1. The van der Waals surface area contributed by atoms with Crippen LogP contribution in [-0.2, 0) is 17.8 Å². The predicted octanol–water partition coefficient (Wildman–Crippen LogP) is 1.57. The van der Waals surface area contributed by atoms with Crippen LogP contribution in [0.3, 0.4) is 0 Å². The highest BCUT2D eigenvalue weighted by Crippen LogP contribution is 2.13. The molecule has 2 rings (SSSR count). The van der Waals surface area contributed by atoms with Gasteiger partial charge in [-0.3, -0.25) is 9.78 Å². The monoisotopic (exact) mass is 271 g/mol. The summed E-state index contributed by atoms with van der Waals surface area (Å²) in [6.07, 6.45) is 1.77. The molecule has 5 heteroatoms. The molecule has 5 nitrogen and oxygen atoms in total. The average molecular weight is 271 g/mol. The molecule has 1 amide bonds. The molecule has 2 aromatic rings. The Labute approximate surface area is 117 Å². The molecule has 0 radical (unpaired) electrons. The topological polar surface area (TPSA) is 79.5 Å². The fourth-order valence-corrected chi connectivity index (χ4v) is 1.85. The predicted molar refractivity (Wildman–Crippen MR) is 76.9 cm³/mol. The lowest BCUT2D eigenvalue weighted by Crippen LogP contribution is -2.28. The summed E-state index contributed by atoms with van der Waals surface area (Å²) in [6, 6.07) is 10.3. The molecular weight excluding hydrogens is 254 g/mol. The van der Waals surface area contributed by atoms with Gasteiger partial charge in [0.25, 0.3) is 0 Å². The molecule has 0 aliphatic carbocycles. The summed E-state index contributed by atoms with van der Waals surface area (Å²) in [5, 5.41) is 9.40. The van der Waals surface area contributed by atoms with Crippen molar-refractivity contribution in [3.8, 4) is 5.75 Å². The van der Waals surface area contributed by atoms with Crippen molar-refractivity contribution in [2.75, 3.05) is 12.8 Å². The Kier molecular flexibility index (Phi) is 4.20. The maximum atomic E-state index is 12.1. The number of aromatic nitrogens is 1. The van der Waals surface area contributed by atoms with E-state index < -0.39 is 0 Å². The first kappa shape index (κ1) is 13.9. The highest BCUT2D eigenvalue weighted by atomic mass is 16.3. The first-order valence-electron chi connectivity index (χ1n) is 6.27. The van der Waals surface area contributed by atoms with Gasteiger partial charge in [-0.25, -0.2) is 0 Å². The number of nitrogen functional groups attached to an aromatic ring is 1. The Morgan fingerprint density at radius 1 is 1.35 bits per heavy atom. The van der Waals surface area contributed by atoms with Crippen molar-refractivity contribution in [2.45, 2.75) is 13.0 Å². The Morgan fingerprint density at radius 3 is 2.80 bits per heavy atom. The number of benzene rings is 1. The maximum Gasteiger partial charge on any atom is 0.228 e. The number of nitrogens with zero attached hydrogens (tertiary/aromatic N) is 2. The van der Waals surface area contributed by atoms with Crippen molar-refractivity contribution >= 4 is 11.6 Å². The van der Waals surface area contributed by atoms with E-state index >= 15 is 0 Å². The summed E-state index contributed by atoms with van der Waals surface area (Å²) in [7, 11) is 1.73. The van der Waals surface area contributed by atoms with Crippen molar-refractivity contribution in [2.24, 2.45) is 0 Å². The zero-order chi connectivity index (χ0) is 14.5. The van der Waals surface area contributed by atoms with E-state index in [0.717, 1.165) is 5.56 Å². The van der Waals surface area contributed by atoms with Crippen LogP contribution in [0.5, 0.6) is 5.75 Å². The number of phenols is 1. The minimum atomic E-state index is -0.0365. The van der Waals surface area contributed by atoms with Gasteiger partial charge in [0, 0.05) is 19.3 Å². The van der Waals surface area contributed by atoms with E-state index in [4.69, 9.17) is 5.73 Å². The summed E-state index contributed by atoms with van der Waals surface area (Å²) in [6.45, 7) is 0.447. The number of carbonyl (C=O) groups excluding carboxylic acids is 1. The van der Waals surface area contributed by atoms with E-state index in [1.165, 1.54) is 6.20 Å². The van der Waals surface area contributed by atoms with Crippen LogP contribution in [0.15, 0.2) is 42.6 Å². The van der Waals surface area contributed by atoms with E-state index in [1.54, 1.807) is 42.3 Å². The summed E-state index contributed by atoms with van der Waals surface area (Å²) in [5.41, 5.74) is 7.70. The number of phenolic OH excluding ortho intramolecular Hbond substituents is 1. The SMILES string of the molecule is CN(Cc1cccc(O)c1)C(=O)Cc1ccc(N)cn1. The molecule has 0 fully saturated rings. The number of hydrogen-bond acceptors (Lipinski definition) is 4. The van der Waals surface area contributed by atoms with Gasteiger partial charge in [-0.1, -0.05) is 12.1 Å². The fraction of sp³-hybridized carbons (Fsp3) is 0.200. The van der Waals surface area contributed by atoms with E-state index in [2.05, 4.69) is 4.98 Å². The van der Waals surface area contributed by atoms with Gasteiger partial charge in [0.2, 0.25) is 5.91 Å². The van der Waals surface area contributed by atoms with Crippen LogP contribution < -0.4 is 5.73 Å². The first-order valence-corrected chi connectivity index (χ1v) is 6.27. The average Bonchev–Trinajstić information content (AvgIpc) is 2.41. The molecule has 0 bridgehead atoms. The van der Waals surface area contributed by atoms with Crippen LogP contribution in [-0.4, -0.2) is 27.9 Å². The third-order valence-electron chi connectivity index (χ3n) is 2.94. The molecule has 0 aliphatic rings. The van der Waals surface area contributed by atoms with Crippen LogP contribution >= 0.6 is 0 Å². The van der Waals surface area contributed by atoms with Gasteiger partial charge in [0.15, 0.2) is 0 Å². The van der Waals surface area contributed by atoms with Crippen molar-refractivity contribution < 1.29 is 9.90 Å². The largest absolute Gasteiger partial charge is 0.508 e. The molecule has 0 saturated carbocycles. The second-order valence-electron chi connectivity index (χ2n) is 4.68. The Morgan fingerprint density at radius 2 is 2.15 bits per heavy atom. The summed E-state index contributed by atoms with van der Waals surface area (Å²) in [4.78, 5) is 17.8. The second kappa shape index (κ2) is 6.06. The standard InChI is InChI=1S/C15H17N3O2/c1-18(10-11-3-2-4-14(19)7-11)15(20)8-13-6-5-12(16)9-17-13/h2-7,9,19H,8,10,16H2,1H3. The molecule has 0 saturated heterocycles. The minimum Gasteiger partial charge on any atom is -0.508 e. The van der Waals surface area contributed by atoms with Crippen LogP contribution in [0.25, 0.3) is 0 Å². The van der Waals surface area contributed by atoms with Crippen LogP contribution in [0.2, 0.25) is 0 Å². The molecule has 104 valence electrons. The van der Waals surface area contributed by atoms with E-state index in [9.17, 15) is 9.90 Å². The lowest BCUT2D eigenvalue weighted by molar-refractivity contribution is -0.129. The molecule has 0 atom stereocenters. The molecule has 0 unspecified atom stereocenters. The third-order valence-corrected chi connectivity index (χ3v) is 2.94. The van der Waals surface area contributed by atoms with Crippen LogP contribution in [0.1, 0.15) is 11.3 Å². The molecule has 1 aromatic carbocycles. The number of carbonyl (C=O) groups is 1. The van der Waals surface area contributed by atoms with Gasteiger partial charge < -0.3 is 15.7 Å². The highest BCUT2D eigenvalue weighted by Gasteiger charge is 2.11.